The summed E-state index contributed by atoms with van der Waals surface area (Å²) in [4.78, 5) is 19.7. The zero-order chi connectivity index (χ0) is 22.6. The molecule has 2 aromatic heterocycles. The predicted molar refractivity (Wildman–Crippen MR) is 111 cm³/mol. The van der Waals surface area contributed by atoms with E-state index in [1.54, 1.807) is 18.2 Å². The van der Waals surface area contributed by atoms with Crippen molar-refractivity contribution in [3.63, 3.8) is 0 Å². The van der Waals surface area contributed by atoms with Crippen LogP contribution in [0.3, 0.4) is 0 Å². The zero-order valence-electron chi connectivity index (χ0n) is 16.6. The van der Waals surface area contributed by atoms with Crippen molar-refractivity contribution in [2.75, 3.05) is 31.9 Å². The number of hydrogen-bond donors (Lipinski definition) is 3. The van der Waals surface area contributed by atoms with Gasteiger partial charge in [-0.3, -0.25) is 4.79 Å². The first-order valence-corrected chi connectivity index (χ1v) is 9.63. The number of pyridine rings is 1. The third-order valence-corrected chi connectivity index (χ3v) is 4.88. The number of hydrogen-bond acceptors (Lipinski definition) is 8. The fourth-order valence-corrected chi connectivity index (χ4v) is 3.33. The molecular weight excluding hydrogens is 435 g/mol. The Morgan fingerprint density at radius 1 is 1.06 bits per heavy atom. The summed E-state index contributed by atoms with van der Waals surface area (Å²) in [5.41, 5.74) is 0.514. The molecule has 1 aromatic carbocycles. The van der Waals surface area contributed by atoms with Gasteiger partial charge >= 0.3 is 6.18 Å². The zero-order valence-corrected chi connectivity index (χ0v) is 17.4. The molecule has 3 aromatic rings. The van der Waals surface area contributed by atoms with Crippen molar-refractivity contribution in [2.24, 2.45) is 0 Å². The second-order valence-electron chi connectivity index (χ2n) is 6.04. The van der Waals surface area contributed by atoms with Crippen LogP contribution in [0.5, 0.6) is 11.5 Å². The summed E-state index contributed by atoms with van der Waals surface area (Å²) in [5.74, 6) is 0.564. The summed E-state index contributed by atoms with van der Waals surface area (Å²) in [5, 5.41) is 8.16. The van der Waals surface area contributed by atoms with Crippen LogP contribution in [-0.4, -0.2) is 37.1 Å². The molecule has 0 aliphatic heterocycles. The lowest BCUT2D eigenvalue weighted by Crippen LogP contribution is -2.19. The number of carbonyl (C=O) groups excluding carboxylic acids is 1. The third kappa shape index (κ3) is 4.97. The predicted octanol–water partition coefficient (Wildman–Crippen LogP) is 4.42. The van der Waals surface area contributed by atoms with E-state index in [1.807, 2.05) is 0 Å². The molecule has 12 heteroatoms. The number of amides is 1. The molecule has 0 bridgehead atoms. The maximum atomic E-state index is 13.5. The topological polar surface area (TPSA) is 97.4 Å². The molecule has 0 aliphatic carbocycles. The average molecular weight is 453 g/mol. The summed E-state index contributed by atoms with van der Waals surface area (Å²) in [6.07, 6.45) is -3.96. The number of rotatable bonds is 7. The molecule has 0 unspecified atom stereocenters. The van der Waals surface area contributed by atoms with Gasteiger partial charge in [-0.1, -0.05) is 0 Å². The van der Waals surface area contributed by atoms with Gasteiger partial charge in [0.15, 0.2) is 5.69 Å². The first-order chi connectivity index (χ1) is 14.8. The van der Waals surface area contributed by atoms with E-state index in [0.717, 1.165) is 11.3 Å². The molecule has 0 fully saturated rings. The Hall–Kier alpha value is -3.54. The second kappa shape index (κ2) is 9.08. The number of nitrogens with zero attached hydrogens (tertiary/aromatic N) is 2. The highest BCUT2D eigenvalue weighted by Gasteiger charge is 2.35. The molecule has 0 aliphatic rings. The summed E-state index contributed by atoms with van der Waals surface area (Å²) >= 11 is 1.00. The van der Waals surface area contributed by atoms with Crippen molar-refractivity contribution in [3.05, 3.63) is 47.2 Å². The SMILES string of the molecule is CNC(=O)c1ncsc1Nc1cc(Nc2cc(OC)ccc2OC)ncc1C(F)(F)F. The van der Waals surface area contributed by atoms with E-state index in [4.69, 9.17) is 9.47 Å². The first-order valence-electron chi connectivity index (χ1n) is 8.75. The van der Waals surface area contributed by atoms with Gasteiger partial charge in [0.05, 0.1) is 36.7 Å². The van der Waals surface area contributed by atoms with Crippen LogP contribution < -0.4 is 25.4 Å². The van der Waals surface area contributed by atoms with Gasteiger partial charge in [0.2, 0.25) is 0 Å². The molecule has 0 radical (unpaired) electrons. The minimum Gasteiger partial charge on any atom is -0.497 e. The van der Waals surface area contributed by atoms with E-state index < -0.39 is 17.6 Å². The number of carbonyl (C=O) groups is 1. The molecule has 1 amide bonds. The number of methoxy groups -OCH3 is 2. The summed E-state index contributed by atoms with van der Waals surface area (Å²) < 4.78 is 51.1. The highest BCUT2D eigenvalue weighted by Crippen LogP contribution is 2.39. The number of nitrogens with one attached hydrogen (secondary N) is 3. The van der Waals surface area contributed by atoms with Crippen molar-refractivity contribution >= 4 is 39.4 Å². The van der Waals surface area contributed by atoms with E-state index in [2.05, 4.69) is 25.9 Å². The van der Waals surface area contributed by atoms with Crippen LogP contribution in [0.4, 0.5) is 35.4 Å². The monoisotopic (exact) mass is 453 g/mol. The summed E-state index contributed by atoms with van der Waals surface area (Å²) in [6.45, 7) is 0. The number of anilines is 4. The number of aromatic nitrogens is 2. The number of halogens is 3. The van der Waals surface area contributed by atoms with Crippen LogP contribution in [0.2, 0.25) is 0 Å². The number of ether oxygens (including phenoxy) is 2. The molecule has 0 saturated heterocycles. The van der Waals surface area contributed by atoms with Gasteiger partial charge in [-0.05, 0) is 12.1 Å². The van der Waals surface area contributed by atoms with E-state index >= 15 is 0 Å². The van der Waals surface area contributed by atoms with Gasteiger partial charge < -0.3 is 25.4 Å². The highest BCUT2D eigenvalue weighted by atomic mass is 32.1. The van der Waals surface area contributed by atoms with Crippen LogP contribution >= 0.6 is 11.3 Å². The van der Waals surface area contributed by atoms with Gasteiger partial charge in [-0.15, -0.1) is 11.3 Å². The Bertz CT molecular complexity index is 1090. The lowest BCUT2D eigenvalue weighted by molar-refractivity contribution is -0.137. The Morgan fingerprint density at radius 2 is 1.84 bits per heavy atom. The largest absolute Gasteiger partial charge is 0.497 e. The average Bonchev–Trinajstić information content (AvgIpc) is 3.20. The quantitative estimate of drug-likeness (QED) is 0.487. The Labute approximate surface area is 179 Å². The minimum atomic E-state index is -4.67. The van der Waals surface area contributed by atoms with Gasteiger partial charge in [-0.2, -0.15) is 13.2 Å². The normalized spacial score (nSPS) is 11.0. The van der Waals surface area contributed by atoms with Crippen molar-refractivity contribution in [3.8, 4) is 11.5 Å². The maximum Gasteiger partial charge on any atom is 0.419 e. The molecule has 8 nitrogen and oxygen atoms in total. The van der Waals surface area contributed by atoms with E-state index in [1.165, 1.54) is 32.8 Å². The minimum absolute atomic E-state index is 0.0126. The molecule has 0 atom stereocenters. The highest BCUT2D eigenvalue weighted by molar-refractivity contribution is 7.14. The lowest BCUT2D eigenvalue weighted by atomic mass is 10.2. The Morgan fingerprint density at radius 3 is 2.48 bits per heavy atom. The van der Waals surface area contributed by atoms with Gasteiger partial charge in [0.25, 0.3) is 5.91 Å². The smallest absolute Gasteiger partial charge is 0.419 e. The second-order valence-corrected chi connectivity index (χ2v) is 6.89. The van der Waals surface area contributed by atoms with Crippen LogP contribution in [-0.2, 0) is 6.18 Å². The molecule has 0 spiro atoms. The van der Waals surface area contributed by atoms with Crippen LogP contribution in [0.25, 0.3) is 0 Å². The summed E-state index contributed by atoms with van der Waals surface area (Å²) in [7, 11) is 4.36. The van der Waals surface area contributed by atoms with Gasteiger partial charge in [0.1, 0.15) is 22.3 Å². The van der Waals surface area contributed by atoms with Gasteiger partial charge in [0, 0.05) is 25.4 Å². The van der Waals surface area contributed by atoms with Crippen molar-refractivity contribution in [1.82, 2.24) is 15.3 Å². The third-order valence-electron chi connectivity index (χ3n) is 4.14. The van der Waals surface area contributed by atoms with E-state index in [0.29, 0.717) is 23.4 Å². The number of thiazole rings is 1. The van der Waals surface area contributed by atoms with Crippen LogP contribution in [0, 0.1) is 0 Å². The maximum absolute atomic E-state index is 13.5. The summed E-state index contributed by atoms with van der Waals surface area (Å²) in [6, 6.07) is 6.14. The Balaban J connectivity index is 2.01. The molecule has 164 valence electrons. The molecule has 3 rings (SSSR count). The molecular formula is C19H18F3N5O3S. The van der Waals surface area contributed by atoms with Crippen molar-refractivity contribution in [2.45, 2.75) is 6.18 Å². The number of benzene rings is 1. The lowest BCUT2D eigenvalue weighted by Gasteiger charge is -2.17. The van der Waals surface area contributed by atoms with Crippen molar-refractivity contribution < 1.29 is 27.4 Å². The fraction of sp³-hybridized carbons (Fsp3) is 0.211. The van der Waals surface area contributed by atoms with Crippen LogP contribution in [0.15, 0.2) is 36.0 Å². The standard InChI is InChI=1S/C19H18F3N5O3S/c1-23-17(28)16-18(31-9-25-16)27-12-7-15(24-8-11(12)19(20,21)22)26-13-6-10(29-2)4-5-14(13)30-3/h4-9H,1-3H3,(H,23,28)(H2,24,26,27). The molecule has 3 N–H and O–H groups in total. The fourth-order valence-electron chi connectivity index (χ4n) is 2.64. The number of alkyl halides is 3. The Kier molecular flexibility index (Phi) is 6.49. The van der Waals surface area contributed by atoms with Crippen molar-refractivity contribution in [1.29, 1.82) is 0 Å². The molecule has 2 heterocycles. The van der Waals surface area contributed by atoms with Gasteiger partial charge in [-0.25, -0.2) is 9.97 Å². The molecule has 31 heavy (non-hydrogen) atoms. The van der Waals surface area contributed by atoms with Crippen LogP contribution in [0.1, 0.15) is 16.1 Å². The van der Waals surface area contributed by atoms with E-state index in [9.17, 15) is 18.0 Å². The molecule has 0 saturated carbocycles. The first kappa shape index (κ1) is 22.2. The van der Waals surface area contributed by atoms with E-state index in [-0.39, 0.29) is 22.2 Å².